The number of azo groups is 1. The number of amides is 1. The Morgan fingerprint density at radius 3 is 2.68 bits per heavy atom. The van der Waals surface area contributed by atoms with Crippen LogP contribution in [0, 0.1) is 0 Å². The lowest BCUT2D eigenvalue weighted by molar-refractivity contribution is -0.116. The van der Waals surface area contributed by atoms with Crippen molar-refractivity contribution in [1.29, 1.82) is 0 Å². The summed E-state index contributed by atoms with van der Waals surface area (Å²) in [7, 11) is -2.30. The normalized spacial score (nSPS) is 11.8. The summed E-state index contributed by atoms with van der Waals surface area (Å²) in [6, 6.07) is 13.3. The molecule has 9 nitrogen and oxygen atoms in total. The van der Waals surface area contributed by atoms with E-state index in [1.54, 1.807) is 42.5 Å². The van der Waals surface area contributed by atoms with E-state index in [1.807, 2.05) is 0 Å². The molecule has 1 heterocycles. The SMILES string of the molecule is COc1cccc(N(CC(=O)N=Nc2c(O)[nH]c3ccccc23)S(C)(=O)=O)c1. The lowest BCUT2D eigenvalue weighted by Gasteiger charge is -2.20. The summed E-state index contributed by atoms with van der Waals surface area (Å²) in [4.78, 5) is 15.0. The summed E-state index contributed by atoms with van der Waals surface area (Å²) in [6.07, 6.45) is 0.988. The van der Waals surface area contributed by atoms with E-state index in [0.717, 1.165) is 10.6 Å². The topological polar surface area (TPSA) is 124 Å². The van der Waals surface area contributed by atoms with Gasteiger partial charge in [0.25, 0.3) is 5.91 Å². The van der Waals surface area contributed by atoms with Crippen molar-refractivity contribution in [3.8, 4) is 11.6 Å². The number of hydrogen-bond donors (Lipinski definition) is 2. The van der Waals surface area contributed by atoms with Crippen molar-refractivity contribution in [2.75, 3.05) is 24.2 Å². The van der Waals surface area contributed by atoms with E-state index in [2.05, 4.69) is 15.2 Å². The molecule has 0 bridgehead atoms. The number of sulfonamides is 1. The Hall–Kier alpha value is -3.40. The summed E-state index contributed by atoms with van der Waals surface area (Å²) in [6.45, 7) is -0.543. The van der Waals surface area contributed by atoms with Gasteiger partial charge in [-0.1, -0.05) is 24.3 Å². The predicted molar refractivity (Wildman–Crippen MR) is 105 cm³/mol. The van der Waals surface area contributed by atoms with Crippen molar-refractivity contribution in [2.24, 2.45) is 10.2 Å². The number of para-hydroxylation sites is 1. The number of H-pyrrole nitrogens is 1. The summed E-state index contributed by atoms with van der Waals surface area (Å²) < 4.78 is 30.3. The maximum Gasteiger partial charge on any atom is 0.285 e. The minimum Gasteiger partial charge on any atom is -0.497 e. The molecule has 0 aliphatic rings. The maximum absolute atomic E-state index is 12.3. The molecule has 0 radical (unpaired) electrons. The average Bonchev–Trinajstić information content (AvgIpc) is 2.98. The van der Waals surface area contributed by atoms with Crippen molar-refractivity contribution in [2.45, 2.75) is 0 Å². The second-order valence-electron chi connectivity index (χ2n) is 5.93. The van der Waals surface area contributed by atoms with Gasteiger partial charge in [-0.25, -0.2) is 8.42 Å². The Bertz CT molecular complexity index is 1150. The first-order valence-electron chi connectivity index (χ1n) is 8.15. The molecule has 10 heteroatoms. The number of aromatic hydroxyl groups is 1. The van der Waals surface area contributed by atoms with Crippen LogP contribution in [-0.2, 0) is 14.8 Å². The van der Waals surface area contributed by atoms with E-state index in [4.69, 9.17) is 4.74 Å². The van der Waals surface area contributed by atoms with Gasteiger partial charge in [-0.2, -0.15) is 0 Å². The molecule has 2 aromatic carbocycles. The molecular weight excluding hydrogens is 384 g/mol. The minimum atomic E-state index is -3.75. The Morgan fingerprint density at radius 2 is 1.96 bits per heavy atom. The molecule has 0 unspecified atom stereocenters. The highest BCUT2D eigenvalue weighted by atomic mass is 32.2. The standard InChI is InChI=1S/C18H18N4O5S/c1-27-13-7-5-6-12(10-13)22(28(2,25)26)11-16(23)20-21-17-14-8-3-4-9-15(14)19-18(17)24/h3-10,19,24H,11H2,1-2H3. The van der Waals surface area contributed by atoms with Crippen LogP contribution in [0.2, 0.25) is 0 Å². The third-order valence-electron chi connectivity index (χ3n) is 3.94. The van der Waals surface area contributed by atoms with Crippen LogP contribution in [0.25, 0.3) is 10.9 Å². The molecule has 146 valence electrons. The molecule has 0 saturated carbocycles. The highest BCUT2D eigenvalue weighted by Gasteiger charge is 2.21. The number of nitrogens with zero attached hydrogens (tertiary/aromatic N) is 3. The molecule has 0 aliphatic carbocycles. The Labute approximate surface area is 161 Å². The molecule has 0 atom stereocenters. The van der Waals surface area contributed by atoms with Gasteiger partial charge in [0.15, 0.2) is 5.69 Å². The van der Waals surface area contributed by atoms with Crippen LogP contribution in [-0.4, -0.2) is 44.3 Å². The predicted octanol–water partition coefficient (Wildman–Crippen LogP) is 2.96. The van der Waals surface area contributed by atoms with E-state index in [1.165, 1.54) is 13.2 Å². The lowest BCUT2D eigenvalue weighted by Crippen LogP contribution is -2.34. The number of aromatic nitrogens is 1. The molecule has 3 aromatic rings. The first-order chi connectivity index (χ1) is 13.3. The number of nitrogens with one attached hydrogen (secondary N) is 1. The molecule has 2 N–H and O–H groups in total. The van der Waals surface area contributed by atoms with Crippen molar-refractivity contribution < 1.29 is 23.1 Å². The number of carbonyl (C=O) groups is 1. The van der Waals surface area contributed by atoms with E-state index in [9.17, 15) is 18.3 Å². The fraction of sp³-hybridized carbons (Fsp3) is 0.167. The Kier molecular flexibility index (Phi) is 5.32. The molecule has 28 heavy (non-hydrogen) atoms. The third-order valence-corrected chi connectivity index (χ3v) is 5.08. The van der Waals surface area contributed by atoms with Gasteiger partial charge in [0.05, 0.1) is 24.6 Å². The molecule has 1 amide bonds. The zero-order chi connectivity index (χ0) is 20.3. The van der Waals surface area contributed by atoms with E-state index in [-0.39, 0.29) is 17.3 Å². The lowest BCUT2D eigenvalue weighted by atomic mass is 10.2. The summed E-state index contributed by atoms with van der Waals surface area (Å²) in [5, 5.41) is 17.9. The van der Waals surface area contributed by atoms with E-state index >= 15 is 0 Å². The number of ether oxygens (including phenoxy) is 1. The third kappa shape index (κ3) is 4.12. The summed E-state index contributed by atoms with van der Waals surface area (Å²) in [5.41, 5.74) is 1.01. The zero-order valence-corrected chi connectivity index (χ0v) is 16.0. The van der Waals surface area contributed by atoms with Gasteiger partial charge < -0.3 is 14.8 Å². The van der Waals surface area contributed by atoms with Gasteiger partial charge in [-0.3, -0.25) is 9.10 Å². The molecule has 0 fully saturated rings. The summed E-state index contributed by atoms with van der Waals surface area (Å²) in [5.74, 6) is -0.576. The smallest absolute Gasteiger partial charge is 0.285 e. The van der Waals surface area contributed by atoms with Crippen LogP contribution < -0.4 is 9.04 Å². The van der Waals surface area contributed by atoms with E-state index < -0.39 is 22.5 Å². The van der Waals surface area contributed by atoms with Crippen molar-refractivity contribution in [1.82, 2.24) is 4.98 Å². The van der Waals surface area contributed by atoms with Crippen LogP contribution in [0.5, 0.6) is 11.6 Å². The van der Waals surface area contributed by atoms with Crippen molar-refractivity contribution >= 4 is 38.2 Å². The number of hydrogen-bond acceptors (Lipinski definition) is 6. The monoisotopic (exact) mass is 402 g/mol. The maximum atomic E-state index is 12.3. The van der Waals surface area contributed by atoms with Crippen LogP contribution in [0.15, 0.2) is 58.8 Å². The molecule has 0 spiro atoms. The van der Waals surface area contributed by atoms with Crippen LogP contribution in [0.3, 0.4) is 0 Å². The van der Waals surface area contributed by atoms with Gasteiger partial charge in [-0.15, -0.1) is 10.2 Å². The van der Waals surface area contributed by atoms with Gasteiger partial charge >= 0.3 is 0 Å². The second kappa shape index (κ2) is 7.69. The van der Waals surface area contributed by atoms with Crippen LogP contribution in [0.4, 0.5) is 11.4 Å². The summed E-state index contributed by atoms with van der Waals surface area (Å²) >= 11 is 0. The fourth-order valence-corrected chi connectivity index (χ4v) is 3.48. The van der Waals surface area contributed by atoms with Gasteiger partial charge in [-0.05, 0) is 18.2 Å². The number of aromatic amines is 1. The average molecular weight is 402 g/mol. The molecule has 1 aromatic heterocycles. The molecular formula is C18H18N4O5S. The number of fused-ring (bicyclic) bond motifs is 1. The largest absolute Gasteiger partial charge is 0.497 e. The quantitative estimate of drug-likeness (QED) is 0.613. The molecule has 0 saturated heterocycles. The second-order valence-corrected chi connectivity index (χ2v) is 7.84. The highest BCUT2D eigenvalue weighted by molar-refractivity contribution is 7.92. The van der Waals surface area contributed by atoms with Crippen molar-refractivity contribution in [3.05, 3.63) is 48.5 Å². The number of anilines is 1. The van der Waals surface area contributed by atoms with Crippen LogP contribution >= 0.6 is 0 Å². The fourth-order valence-electron chi connectivity index (χ4n) is 2.64. The van der Waals surface area contributed by atoms with Gasteiger partial charge in [0.1, 0.15) is 12.3 Å². The highest BCUT2D eigenvalue weighted by Crippen LogP contribution is 2.35. The number of rotatable bonds is 6. The molecule has 0 aliphatic heterocycles. The number of methoxy groups -OCH3 is 1. The zero-order valence-electron chi connectivity index (χ0n) is 15.2. The Balaban J connectivity index is 1.86. The minimum absolute atomic E-state index is 0.108. The van der Waals surface area contributed by atoms with Gasteiger partial charge in [0.2, 0.25) is 15.9 Å². The molecule has 3 rings (SSSR count). The number of benzene rings is 2. The number of carbonyl (C=O) groups excluding carboxylic acids is 1. The van der Waals surface area contributed by atoms with Gasteiger partial charge in [0, 0.05) is 11.5 Å². The first kappa shape index (κ1) is 19.4. The van der Waals surface area contributed by atoms with E-state index in [0.29, 0.717) is 16.7 Å². The van der Waals surface area contributed by atoms with Crippen LogP contribution in [0.1, 0.15) is 0 Å². The van der Waals surface area contributed by atoms with Crippen molar-refractivity contribution in [3.63, 3.8) is 0 Å². The first-order valence-corrected chi connectivity index (χ1v) is 10.0. The Morgan fingerprint density at radius 1 is 1.21 bits per heavy atom.